The van der Waals surface area contributed by atoms with Crippen molar-refractivity contribution < 1.29 is 8.42 Å². The van der Waals surface area contributed by atoms with Gasteiger partial charge in [-0.05, 0) is 43.0 Å². The van der Waals surface area contributed by atoms with Gasteiger partial charge in [0.15, 0.2) is 0 Å². The highest BCUT2D eigenvalue weighted by molar-refractivity contribution is 8.01. The Morgan fingerprint density at radius 3 is 2.63 bits per heavy atom. The van der Waals surface area contributed by atoms with Gasteiger partial charge in [-0.2, -0.15) is 0 Å². The molecule has 0 aliphatic carbocycles. The molecule has 0 atom stereocenters. The largest absolute Gasteiger partial charge is 0.397 e. The smallest absolute Gasteiger partial charge is 0.208 e. The molecular weight excluding hydrogens is 400 g/mol. The zero-order valence-corrected chi connectivity index (χ0v) is 17.1. The first-order valence-corrected chi connectivity index (χ1v) is 11.4. The number of benzene rings is 1. The van der Waals surface area contributed by atoms with E-state index in [1.165, 1.54) is 29.2 Å². The molecule has 0 radical (unpaired) electrons. The van der Waals surface area contributed by atoms with Crippen molar-refractivity contribution in [2.75, 3.05) is 12.0 Å². The van der Waals surface area contributed by atoms with Gasteiger partial charge in [0.1, 0.15) is 5.84 Å². The third-order valence-electron chi connectivity index (χ3n) is 3.92. The van der Waals surface area contributed by atoms with E-state index < -0.39 is 9.84 Å². The summed E-state index contributed by atoms with van der Waals surface area (Å²) in [6.07, 6.45) is 3.35. The Balaban J connectivity index is 2.13. The van der Waals surface area contributed by atoms with Crippen LogP contribution in [0.1, 0.15) is 10.4 Å². The lowest BCUT2D eigenvalue weighted by atomic mass is 10.1. The van der Waals surface area contributed by atoms with Crippen LogP contribution in [-0.4, -0.2) is 25.5 Å². The molecule has 0 aliphatic heterocycles. The van der Waals surface area contributed by atoms with Gasteiger partial charge in [0.2, 0.25) is 9.84 Å². The third-order valence-corrected chi connectivity index (χ3v) is 8.26. The number of nitrogens with two attached hydrogens (primary N) is 2. The molecule has 140 valence electrons. The molecule has 9 heteroatoms. The van der Waals surface area contributed by atoms with Gasteiger partial charge in [0.25, 0.3) is 0 Å². The normalized spacial score (nSPS) is 11.5. The van der Waals surface area contributed by atoms with Crippen LogP contribution in [0, 0.1) is 12.3 Å². The van der Waals surface area contributed by atoms with E-state index in [0.717, 1.165) is 5.56 Å². The number of thiophene rings is 1. The number of nitrogens with zero attached hydrogens (tertiary/aromatic N) is 1. The Kier molecular flexibility index (Phi) is 5.27. The summed E-state index contributed by atoms with van der Waals surface area (Å²) in [5.74, 6) is -0.146. The minimum atomic E-state index is -3.76. The Morgan fingerprint density at radius 1 is 1.26 bits per heavy atom. The molecule has 27 heavy (non-hydrogen) atoms. The van der Waals surface area contributed by atoms with Gasteiger partial charge < -0.3 is 11.5 Å². The molecule has 1 aromatic carbocycles. The second-order valence-corrected chi connectivity index (χ2v) is 9.89. The topological polar surface area (TPSA) is 123 Å². The van der Waals surface area contributed by atoms with Crippen LogP contribution in [0.5, 0.6) is 0 Å². The quantitative estimate of drug-likeness (QED) is 0.331. The van der Waals surface area contributed by atoms with Gasteiger partial charge in [-0.1, -0.05) is 12.1 Å². The predicted molar refractivity (Wildman–Crippen MR) is 111 cm³/mol. The first-order chi connectivity index (χ1) is 12.7. The molecule has 0 bridgehead atoms. The van der Waals surface area contributed by atoms with Crippen molar-refractivity contribution in [1.82, 2.24) is 4.98 Å². The Labute approximate surface area is 166 Å². The van der Waals surface area contributed by atoms with Crippen LogP contribution in [0.3, 0.4) is 0 Å². The Hall–Kier alpha value is -2.36. The van der Waals surface area contributed by atoms with Gasteiger partial charge in [0.05, 0.1) is 36.5 Å². The van der Waals surface area contributed by atoms with Crippen molar-refractivity contribution in [2.45, 2.75) is 20.9 Å². The lowest BCUT2D eigenvalue weighted by molar-refractivity contribution is 0.595. The number of aromatic nitrogens is 1. The van der Waals surface area contributed by atoms with Crippen LogP contribution in [0.25, 0.3) is 11.3 Å². The summed E-state index contributed by atoms with van der Waals surface area (Å²) < 4.78 is 27.0. The first-order valence-electron chi connectivity index (χ1n) is 7.84. The fourth-order valence-corrected chi connectivity index (χ4v) is 6.56. The van der Waals surface area contributed by atoms with Crippen LogP contribution in [0.2, 0.25) is 0 Å². The standard InChI is InChI=1S/C18H18N4O2S3/c1-10-6-12(19)9-22-16(10)11-4-3-5-13(7-11)27(23,24)15-8-14(17(20)21)26-18(15)25-2/h3-9H,19H2,1-2H3,(H3,20,21). The predicted octanol–water partition coefficient (Wildman–Crippen LogP) is 3.54. The molecular formula is C18H18N4O2S3. The molecule has 0 unspecified atom stereocenters. The fraction of sp³-hybridized carbons (Fsp3) is 0.111. The van der Waals surface area contributed by atoms with Crippen molar-refractivity contribution in [3.8, 4) is 11.3 Å². The van der Waals surface area contributed by atoms with Crippen LogP contribution in [0.15, 0.2) is 56.6 Å². The van der Waals surface area contributed by atoms with E-state index in [0.29, 0.717) is 26.0 Å². The van der Waals surface area contributed by atoms with Crippen LogP contribution >= 0.6 is 23.1 Å². The number of sulfone groups is 1. The summed E-state index contributed by atoms with van der Waals surface area (Å²) >= 11 is 2.52. The van der Waals surface area contributed by atoms with Crippen molar-refractivity contribution >= 4 is 44.5 Å². The van der Waals surface area contributed by atoms with E-state index in [-0.39, 0.29) is 15.6 Å². The average molecular weight is 419 g/mol. The average Bonchev–Trinajstić information content (AvgIpc) is 3.07. The summed E-state index contributed by atoms with van der Waals surface area (Å²) in [5.41, 5.74) is 14.1. The number of nitrogen functional groups attached to an aromatic ring is 2. The second-order valence-electron chi connectivity index (χ2n) is 5.85. The van der Waals surface area contributed by atoms with Gasteiger partial charge in [0, 0.05) is 5.56 Å². The van der Waals surface area contributed by atoms with Crippen molar-refractivity contribution in [2.24, 2.45) is 5.73 Å². The second kappa shape index (κ2) is 7.34. The maximum absolute atomic E-state index is 13.2. The molecule has 0 saturated heterocycles. The molecule has 3 rings (SSSR count). The van der Waals surface area contributed by atoms with Crippen molar-refractivity contribution in [1.29, 1.82) is 5.41 Å². The zero-order valence-electron chi connectivity index (χ0n) is 14.7. The fourth-order valence-electron chi connectivity index (χ4n) is 2.66. The van der Waals surface area contributed by atoms with Gasteiger partial charge in [-0.3, -0.25) is 10.4 Å². The van der Waals surface area contributed by atoms with E-state index in [2.05, 4.69) is 4.98 Å². The first kappa shape index (κ1) is 19.4. The Bertz CT molecular complexity index is 1140. The maximum atomic E-state index is 13.2. The highest BCUT2D eigenvalue weighted by Gasteiger charge is 2.25. The molecule has 6 nitrogen and oxygen atoms in total. The number of hydrogen-bond donors (Lipinski definition) is 3. The number of rotatable bonds is 5. The molecule has 0 spiro atoms. The van der Waals surface area contributed by atoms with E-state index in [4.69, 9.17) is 16.9 Å². The summed E-state index contributed by atoms with van der Waals surface area (Å²) in [5, 5.41) is 7.58. The maximum Gasteiger partial charge on any atom is 0.208 e. The number of aryl methyl sites for hydroxylation is 1. The van der Waals surface area contributed by atoms with E-state index >= 15 is 0 Å². The summed E-state index contributed by atoms with van der Waals surface area (Å²) in [4.78, 5) is 5.11. The number of pyridine rings is 1. The van der Waals surface area contributed by atoms with E-state index in [1.54, 1.807) is 36.7 Å². The highest BCUT2D eigenvalue weighted by Crippen LogP contribution is 2.37. The molecule has 0 fully saturated rings. The number of thioether (sulfide) groups is 1. The van der Waals surface area contributed by atoms with Crippen LogP contribution in [-0.2, 0) is 9.84 Å². The summed E-state index contributed by atoms with van der Waals surface area (Å²) in [7, 11) is -3.76. The minimum absolute atomic E-state index is 0.146. The van der Waals surface area contributed by atoms with E-state index in [1.807, 2.05) is 13.0 Å². The Morgan fingerprint density at radius 2 is 2.00 bits per heavy atom. The molecule has 0 aliphatic rings. The molecule has 2 heterocycles. The van der Waals surface area contributed by atoms with E-state index in [9.17, 15) is 8.42 Å². The molecule has 5 N–H and O–H groups in total. The highest BCUT2D eigenvalue weighted by atomic mass is 32.2. The third kappa shape index (κ3) is 3.71. The SMILES string of the molecule is CSc1sc(C(=N)N)cc1S(=O)(=O)c1cccc(-c2ncc(N)cc2C)c1. The number of hydrogen-bond acceptors (Lipinski definition) is 7. The van der Waals surface area contributed by atoms with Gasteiger partial charge in [-0.15, -0.1) is 23.1 Å². The molecule has 0 saturated carbocycles. The number of nitrogens with one attached hydrogen (secondary N) is 1. The molecule has 0 amide bonds. The monoisotopic (exact) mass is 418 g/mol. The van der Waals surface area contributed by atoms with Crippen LogP contribution < -0.4 is 11.5 Å². The number of anilines is 1. The lowest BCUT2D eigenvalue weighted by Gasteiger charge is -2.09. The van der Waals surface area contributed by atoms with Crippen molar-refractivity contribution in [3.63, 3.8) is 0 Å². The number of amidine groups is 1. The summed E-state index contributed by atoms with van der Waals surface area (Å²) in [6, 6.07) is 9.93. The minimum Gasteiger partial charge on any atom is -0.397 e. The van der Waals surface area contributed by atoms with Gasteiger partial charge in [-0.25, -0.2) is 8.42 Å². The molecule has 2 aromatic heterocycles. The van der Waals surface area contributed by atoms with Crippen molar-refractivity contribution in [3.05, 3.63) is 53.0 Å². The van der Waals surface area contributed by atoms with Gasteiger partial charge >= 0.3 is 0 Å². The van der Waals surface area contributed by atoms with Crippen LogP contribution in [0.4, 0.5) is 5.69 Å². The lowest BCUT2D eigenvalue weighted by Crippen LogP contribution is -2.08. The molecule has 3 aromatic rings. The zero-order chi connectivity index (χ0) is 19.8. The summed E-state index contributed by atoms with van der Waals surface area (Å²) in [6.45, 7) is 1.88.